The third-order valence-electron chi connectivity index (χ3n) is 10.6. The first-order chi connectivity index (χ1) is 14.0. The molecule has 0 aromatic heterocycles. The first-order valence-corrected chi connectivity index (χ1v) is 12.0. The number of carbonyl (C=O) groups is 3. The zero-order chi connectivity index (χ0) is 19.7. The van der Waals surface area contributed by atoms with Gasteiger partial charge in [0.05, 0.1) is 5.92 Å². The van der Waals surface area contributed by atoms with Crippen molar-refractivity contribution in [2.75, 3.05) is 0 Å². The molecule has 4 nitrogen and oxygen atoms in total. The molecule has 0 N–H and O–H groups in total. The number of fused-ring (bicyclic) bond motifs is 9. The minimum Gasteiger partial charge on any atom is -0.458 e. The second-order valence-corrected chi connectivity index (χ2v) is 11.4. The lowest BCUT2D eigenvalue weighted by Crippen LogP contribution is -2.60. The number of hydrogen-bond donors (Lipinski definition) is 0. The summed E-state index contributed by atoms with van der Waals surface area (Å²) in [5.41, 5.74) is -0.292. The van der Waals surface area contributed by atoms with Gasteiger partial charge in [0.15, 0.2) is 0 Å². The molecule has 8 rings (SSSR count). The Morgan fingerprint density at radius 3 is 2.17 bits per heavy atom. The molecule has 0 aromatic rings. The van der Waals surface area contributed by atoms with Gasteiger partial charge in [0.25, 0.3) is 0 Å². The third kappa shape index (κ3) is 1.91. The average Bonchev–Trinajstić information content (AvgIpc) is 3.40. The van der Waals surface area contributed by atoms with Crippen LogP contribution in [-0.2, 0) is 19.1 Å². The normalized spacial score (nSPS) is 57.8. The maximum atomic E-state index is 13.5. The highest BCUT2D eigenvalue weighted by molar-refractivity contribution is 6.01. The van der Waals surface area contributed by atoms with Crippen molar-refractivity contribution in [3.63, 3.8) is 0 Å². The predicted octanol–water partition coefficient (Wildman–Crippen LogP) is 3.59. The molecule has 7 unspecified atom stereocenters. The largest absolute Gasteiger partial charge is 0.458 e. The smallest absolute Gasteiger partial charge is 0.310 e. The Morgan fingerprint density at radius 2 is 1.55 bits per heavy atom. The number of allylic oxidation sites excluding steroid dienone is 2. The molecule has 0 radical (unpaired) electrons. The molecule has 154 valence electrons. The van der Waals surface area contributed by atoms with Gasteiger partial charge < -0.3 is 4.74 Å². The maximum absolute atomic E-state index is 13.5. The van der Waals surface area contributed by atoms with Gasteiger partial charge in [-0.25, -0.2) is 0 Å². The maximum Gasteiger partial charge on any atom is 0.310 e. The van der Waals surface area contributed by atoms with Crippen molar-refractivity contribution < 1.29 is 19.1 Å². The van der Waals surface area contributed by atoms with E-state index in [1.807, 2.05) is 12.2 Å². The lowest BCUT2D eigenvalue weighted by molar-refractivity contribution is -0.216. The molecule has 8 bridgehead atoms. The Bertz CT molecular complexity index is 827. The molecule has 7 fully saturated rings. The van der Waals surface area contributed by atoms with E-state index in [0.29, 0.717) is 24.0 Å². The van der Waals surface area contributed by atoms with E-state index >= 15 is 0 Å². The molecule has 8 aliphatic carbocycles. The van der Waals surface area contributed by atoms with E-state index < -0.39 is 0 Å². The number of hydrogen-bond acceptors (Lipinski definition) is 4. The van der Waals surface area contributed by atoms with Gasteiger partial charge in [-0.1, -0.05) is 19.1 Å². The first-order valence-electron chi connectivity index (χ1n) is 12.0. The highest BCUT2D eigenvalue weighted by atomic mass is 16.6. The highest BCUT2D eigenvalue weighted by Gasteiger charge is 2.70. The van der Waals surface area contributed by atoms with Crippen molar-refractivity contribution in [1.82, 2.24) is 0 Å². The SMILES string of the molecule is CCC1(OC(=O)C2CC3C(=O)C2C2C4C=CC(C4=O)C32)C2CC3CC(C2)CC1C3. The van der Waals surface area contributed by atoms with E-state index in [0.717, 1.165) is 18.3 Å². The molecular formula is C25H30O4. The second-order valence-electron chi connectivity index (χ2n) is 11.4. The van der Waals surface area contributed by atoms with Crippen molar-refractivity contribution in [2.24, 2.45) is 65.1 Å². The third-order valence-corrected chi connectivity index (χ3v) is 10.6. The minimum atomic E-state index is -0.310. The van der Waals surface area contributed by atoms with E-state index in [4.69, 9.17) is 4.74 Å². The summed E-state index contributed by atoms with van der Waals surface area (Å²) in [6.45, 7) is 2.19. The number of esters is 1. The summed E-state index contributed by atoms with van der Waals surface area (Å²) in [7, 11) is 0. The molecule has 0 heterocycles. The monoisotopic (exact) mass is 394 g/mol. The van der Waals surface area contributed by atoms with Crippen LogP contribution in [0.4, 0.5) is 0 Å². The number of ether oxygens (including phenoxy) is 1. The Kier molecular flexibility index (Phi) is 3.22. The Morgan fingerprint density at radius 1 is 0.931 bits per heavy atom. The summed E-state index contributed by atoms with van der Waals surface area (Å²) in [6.07, 6.45) is 11.8. The van der Waals surface area contributed by atoms with Crippen LogP contribution in [0.1, 0.15) is 51.9 Å². The second kappa shape index (κ2) is 5.42. The molecule has 0 amide bonds. The zero-order valence-corrected chi connectivity index (χ0v) is 17.1. The van der Waals surface area contributed by atoms with Gasteiger partial charge >= 0.3 is 5.97 Å². The molecular weight excluding hydrogens is 364 g/mol. The van der Waals surface area contributed by atoms with Crippen LogP contribution < -0.4 is 0 Å². The van der Waals surface area contributed by atoms with Crippen LogP contribution in [0.2, 0.25) is 0 Å². The lowest BCUT2D eigenvalue weighted by atomic mass is 9.49. The van der Waals surface area contributed by atoms with Crippen molar-refractivity contribution in [3.05, 3.63) is 12.2 Å². The number of carbonyl (C=O) groups excluding carboxylic acids is 3. The number of Topliss-reactive ketones (excluding diaryl/α,β-unsaturated/α-hetero) is 2. The molecule has 0 aliphatic heterocycles. The number of ketones is 2. The Balaban J connectivity index is 1.17. The van der Waals surface area contributed by atoms with Gasteiger partial charge in [0.1, 0.15) is 17.2 Å². The van der Waals surface area contributed by atoms with Gasteiger partial charge in [0.2, 0.25) is 0 Å². The quantitative estimate of drug-likeness (QED) is 0.417. The van der Waals surface area contributed by atoms with E-state index in [-0.39, 0.29) is 58.8 Å². The summed E-state index contributed by atoms with van der Waals surface area (Å²) >= 11 is 0. The highest BCUT2D eigenvalue weighted by Crippen LogP contribution is 2.65. The molecule has 0 aromatic carbocycles. The fraction of sp³-hybridized carbons (Fsp3) is 0.800. The van der Waals surface area contributed by atoms with Gasteiger partial charge in [-0.15, -0.1) is 0 Å². The Labute approximate surface area is 171 Å². The molecule has 8 aliphatic rings. The van der Waals surface area contributed by atoms with Crippen LogP contribution in [0.15, 0.2) is 12.2 Å². The van der Waals surface area contributed by atoms with Crippen molar-refractivity contribution in [3.8, 4) is 0 Å². The van der Waals surface area contributed by atoms with Crippen molar-refractivity contribution in [2.45, 2.75) is 57.5 Å². The van der Waals surface area contributed by atoms with Crippen LogP contribution in [0.5, 0.6) is 0 Å². The van der Waals surface area contributed by atoms with Gasteiger partial charge in [-0.3, -0.25) is 14.4 Å². The van der Waals surface area contributed by atoms with Gasteiger partial charge in [-0.2, -0.15) is 0 Å². The minimum absolute atomic E-state index is 0.0627. The Hall–Kier alpha value is -1.45. The van der Waals surface area contributed by atoms with E-state index in [2.05, 4.69) is 6.92 Å². The summed E-state index contributed by atoms with van der Waals surface area (Å²) in [5.74, 6) is 2.52. The van der Waals surface area contributed by atoms with E-state index in [9.17, 15) is 14.4 Å². The standard InChI is InChI=1S/C25H30O4/c1-2-25(13-6-11-5-12(8-13)9-14(25)7-11)29-24(28)18-10-17-19-15-3-4-16(22(15)26)20(19)21(18)23(17)27/h3-4,11-21H,2,5-10H2,1H3. The lowest BCUT2D eigenvalue weighted by Gasteiger charge is -2.60. The van der Waals surface area contributed by atoms with Crippen molar-refractivity contribution >= 4 is 17.5 Å². The molecule has 4 heteroatoms. The van der Waals surface area contributed by atoms with Crippen LogP contribution in [0.25, 0.3) is 0 Å². The molecule has 29 heavy (non-hydrogen) atoms. The molecule has 0 saturated heterocycles. The van der Waals surface area contributed by atoms with Gasteiger partial charge in [0, 0.05) is 23.7 Å². The van der Waals surface area contributed by atoms with Crippen LogP contribution >= 0.6 is 0 Å². The summed E-state index contributed by atoms with van der Waals surface area (Å²) in [5, 5.41) is 0. The van der Waals surface area contributed by atoms with Crippen LogP contribution in [-0.4, -0.2) is 23.1 Å². The van der Waals surface area contributed by atoms with E-state index in [1.54, 1.807) is 0 Å². The first kappa shape index (κ1) is 17.3. The average molecular weight is 395 g/mol. The van der Waals surface area contributed by atoms with Crippen LogP contribution in [0.3, 0.4) is 0 Å². The molecule has 7 atom stereocenters. The summed E-state index contributed by atoms with van der Waals surface area (Å²) < 4.78 is 6.51. The van der Waals surface area contributed by atoms with Crippen molar-refractivity contribution in [1.29, 1.82) is 0 Å². The fourth-order valence-corrected chi connectivity index (χ4v) is 9.84. The van der Waals surface area contributed by atoms with Gasteiger partial charge in [-0.05, 0) is 80.5 Å². The van der Waals surface area contributed by atoms with E-state index in [1.165, 1.54) is 32.1 Å². The topological polar surface area (TPSA) is 60.4 Å². The fourth-order valence-electron chi connectivity index (χ4n) is 9.84. The predicted molar refractivity (Wildman–Crippen MR) is 104 cm³/mol. The number of rotatable bonds is 3. The molecule has 0 spiro atoms. The summed E-state index contributed by atoms with van der Waals surface area (Å²) in [6, 6.07) is 0. The molecule has 7 saturated carbocycles. The zero-order valence-electron chi connectivity index (χ0n) is 17.1. The van der Waals surface area contributed by atoms with Crippen LogP contribution in [0, 0.1) is 65.1 Å². The summed E-state index contributed by atoms with van der Waals surface area (Å²) in [4.78, 5) is 39.2.